The van der Waals surface area contributed by atoms with Gasteiger partial charge in [0.05, 0.1) is 6.54 Å². The Morgan fingerprint density at radius 2 is 2.07 bits per heavy atom. The van der Waals surface area contributed by atoms with E-state index in [9.17, 15) is 4.79 Å². The van der Waals surface area contributed by atoms with Crippen LogP contribution >= 0.6 is 0 Å². The van der Waals surface area contributed by atoms with Crippen LogP contribution in [0.25, 0.3) is 0 Å². The third-order valence-electron chi connectivity index (χ3n) is 2.48. The summed E-state index contributed by atoms with van der Waals surface area (Å²) in [5, 5.41) is 6.14. The summed E-state index contributed by atoms with van der Waals surface area (Å²) in [6, 6.07) is 0.448. The van der Waals surface area contributed by atoms with Crippen LogP contribution in [-0.4, -0.2) is 38.3 Å². The molecule has 4 heteroatoms. The highest BCUT2D eigenvalue weighted by atomic mass is 16.5. The lowest BCUT2D eigenvalue weighted by molar-refractivity contribution is -0.120. The average Bonchev–Trinajstić information content (AvgIpc) is 2.25. The Morgan fingerprint density at radius 1 is 1.40 bits per heavy atom. The van der Waals surface area contributed by atoms with Gasteiger partial charge in [-0.05, 0) is 18.8 Å². The van der Waals surface area contributed by atoms with Gasteiger partial charge in [-0.25, -0.2) is 0 Å². The fraction of sp³-hybridized carbons (Fsp3) is 0.909. The summed E-state index contributed by atoms with van der Waals surface area (Å²) in [5.41, 5.74) is 0. The second-order valence-corrected chi connectivity index (χ2v) is 4.47. The summed E-state index contributed by atoms with van der Waals surface area (Å²) in [6.07, 6.45) is 2.02. The molecule has 1 amide bonds. The maximum atomic E-state index is 11.4. The van der Waals surface area contributed by atoms with E-state index in [0.29, 0.717) is 18.5 Å². The van der Waals surface area contributed by atoms with Gasteiger partial charge in [-0.1, -0.05) is 13.8 Å². The minimum absolute atomic E-state index is 0.0928. The van der Waals surface area contributed by atoms with E-state index in [1.807, 2.05) is 0 Å². The van der Waals surface area contributed by atoms with Crippen molar-refractivity contribution in [3.05, 3.63) is 0 Å². The molecule has 0 atom stereocenters. The van der Waals surface area contributed by atoms with E-state index in [2.05, 4.69) is 24.5 Å². The third kappa shape index (κ3) is 5.74. The number of carbonyl (C=O) groups excluding carboxylic acids is 1. The second kappa shape index (κ2) is 6.80. The lowest BCUT2D eigenvalue weighted by Crippen LogP contribution is -2.42. The van der Waals surface area contributed by atoms with Crippen LogP contribution in [0, 0.1) is 5.92 Å². The highest BCUT2D eigenvalue weighted by Gasteiger charge is 2.13. The molecule has 1 saturated heterocycles. The maximum absolute atomic E-state index is 11.4. The molecule has 1 aliphatic rings. The van der Waals surface area contributed by atoms with Crippen molar-refractivity contribution >= 4 is 5.91 Å². The van der Waals surface area contributed by atoms with Crippen molar-refractivity contribution in [2.24, 2.45) is 5.92 Å². The number of nitrogens with one attached hydrogen (secondary N) is 2. The fourth-order valence-electron chi connectivity index (χ4n) is 1.52. The van der Waals surface area contributed by atoms with E-state index in [-0.39, 0.29) is 5.91 Å². The van der Waals surface area contributed by atoms with Gasteiger partial charge in [0, 0.05) is 25.8 Å². The molecule has 0 saturated carbocycles. The highest BCUT2D eigenvalue weighted by molar-refractivity contribution is 5.77. The summed E-state index contributed by atoms with van der Waals surface area (Å²) >= 11 is 0. The molecular formula is C11H22N2O2. The van der Waals surface area contributed by atoms with Crippen molar-refractivity contribution in [3.63, 3.8) is 0 Å². The summed E-state index contributed by atoms with van der Waals surface area (Å²) < 4.78 is 5.24. The van der Waals surface area contributed by atoms with Crippen molar-refractivity contribution in [1.82, 2.24) is 10.6 Å². The van der Waals surface area contributed by atoms with Gasteiger partial charge >= 0.3 is 0 Å². The van der Waals surface area contributed by atoms with E-state index in [0.717, 1.165) is 32.6 Å². The molecule has 0 aromatic carbocycles. The minimum Gasteiger partial charge on any atom is -0.381 e. The first-order chi connectivity index (χ1) is 7.18. The van der Waals surface area contributed by atoms with Crippen molar-refractivity contribution in [2.45, 2.75) is 32.7 Å². The first-order valence-corrected chi connectivity index (χ1v) is 5.76. The minimum atomic E-state index is 0.0928. The average molecular weight is 214 g/mol. The standard InChI is InChI=1S/C11H22N2O2/c1-9(2)7-13-11(14)8-12-10-3-5-15-6-4-10/h9-10,12H,3-8H2,1-2H3,(H,13,14). The Bertz CT molecular complexity index is 189. The van der Waals surface area contributed by atoms with E-state index >= 15 is 0 Å². The molecule has 0 unspecified atom stereocenters. The van der Waals surface area contributed by atoms with Gasteiger partial charge in [-0.3, -0.25) is 4.79 Å². The number of rotatable bonds is 5. The Balaban J connectivity index is 2.05. The topological polar surface area (TPSA) is 50.4 Å². The lowest BCUT2D eigenvalue weighted by atomic mass is 10.1. The molecule has 0 bridgehead atoms. The van der Waals surface area contributed by atoms with Crippen LogP contribution in [0.4, 0.5) is 0 Å². The normalized spacial score (nSPS) is 18.1. The van der Waals surface area contributed by atoms with Crippen molar-refractivity contribution in [3.8, 4) is 0 Å². The number of amides is 1. The van der Waals surface area contributed by atoms with Crippen molar-refractivity contribution in [2.75, 3.05) is 26.3 Å². The molecule has 0 aromatic heterocycles. The molecule has 2 N–H and O–H groups in total. The predicted octanol–water partition coefficient (Wildman–Crippen LogP) is 0.527. The first kappa shape index (κ1) is 12.5. The van der Waals surface area contributed by atoms with Crippen LogP contribution in [-0.2, 0) is 9.53 Å². The van der Waals surface area contributed by atoms with Crippen LogP contribution in [0.1, 0.15) is 26.7 Å². The number of ether oxygens (including phenoxy) is 1. The van der Waals surface area contributed by atoms with E-state index < -0.39 is 0 Å². The van der Waals surface area contributed by atoms with E-state index in [1.54, 1.807) is 0 Å². The third-order valence-corrected chi connectivity index (χ3v) is 2.48. The quantitative estimate of drug-likeness (QED) is 0.702. The molecule has 0 aliphatic carbocycles. The van der Waals surface area contributed by atoms with Crippen LogP contribution in [0.15, 0.2) is 0 Å². The van der Waals surface area contributed by atoms with Gasteiger partial charge in [-0.2, -0.15) is 0 Å². The molecule has 0 aromatic rings. The second-order valence-electron chi connectivity index (χ2n) is 4.47. The monoisotopic (exact) mass is 214 g/mol. The largest absolute Gasteiger partial charge is 0.381 e. The fourth-order valence-corrected chi connectivity index (χ4v) is 1.52. The molecule has 0 spiro atoms. The Labute approximate surface area is 91.8 Å². The Hall–Kier alpha value is -0.610. The molecule has 1 rings (SSSR count). The first-order valence-electron chi connectivity index (χ1n) is 5.76. The lowest BCUT2D eigenvalue weighted by Gasteiger charge is -2.22. The summed E-state index contributed by atoms with van der Waals surface area (Å²) in [5.74, 6) is 0.604. The zero-order valence-electron chi connectivity index (χ0n) is 9.71. The number of carbonyl (C=O) groups is 1. The maximum Gasteiger partial charge on any atom is 0.233 e. The summed E-state index contributed by atoms with van der Waals surface area (Å²) in [4.78, 5) is 11.4. The van der Waals surface area contributed by atoms with Gasteiger partial charge in [0.2, 0.25) is 5.91 Å². The molecule has 4 nitrogen and oxygen atoms in total. The molecule has 88 valence electrons. The van der Waals surface area contributed by atoms with Crippen LogP contribution in [0.3, 0.4) is 0 Å². The zero-order valence-corrected chi connectivity index (χ0v) is 9.71. The summed E-state index contributed by atoms with van der Waals surface area (Å²) in [6.45, 7) is 6.99. The molecule has 1 heterocycles. The molecule has 0 radical (unpaired) electrons. The van der Waals surface area contributed by atoms with Crippen molar-refractivity contribution < 1.29 is 9.53 Å². The Kier molecular flexibility index (Phi) is 5.65. The van der Waals surface area contributed by atoms with Gasteiger partial charge < -0.3 is 15.4 Å². The molecule has 1 fully saturated rings. The summed E-state index contributed by atoms with van der Waals surface area (Å²) in [7, 11) is 0. The van der Waals surface area contributed by atoms with Crippen LogP contribution < -0.4 is 10.6 Å². The molecule has 1 aliphatic heterocycles. The smallest absolute Gasteiger partial charge is 0.233 e. The zero-order chi connectivity index (χ0) is 11.1. The number of hydrogen-bond acceptors (Lipinski definition) is 3. The predicted molar refractivity (Wildman–Crippen MR) is 59.7 cm³/mol. The van der Waals surface area contributed by atoms with Gasteiger partial charge in [0.1, 0.15) is 0 Å². The van der Waals surface area contributed by atoms with Gasteiger partial charge in [0.25, 0.3) is 0 Å². The number of hydrogen-bond donors (Lipinski definition) is 2. The highest BCUT2D eigenvalue weighted by Crippen LogP contribution is 2.05. The van der Waals surface area contributed by atoms with Crippen molar-refractivity contribution in [1.29, 1.82) is 0 Å². The molecular weight excluding hydrogens is 192 g/mol. The van der Waals surface area contributed by atoms with Gasteiger partial charge in [-0.15, -0.1) is 0 Å². The van der Waals surface area contributed by atoms with E-state index in [4.69, 9.17) is 4.74 Å². The molecule has 15 heavy (non-hydrogen) atoms. The van der Waals surface area contributed by atoms with Gasteiger partial charge in [0.15, 0.2) is 0 Å². The van der Waals surface area contributed by atoms with E-state index in [1.165, 1.54) is 0 Å². The SMILES string of the molecule is CC(C)CNC(=O)CNC1CCOCC1. The van der Waals surface area contributed by atoms with Crippen LogP contribution in [0.2, 0.25) is 0 Å². The Morgan fingerprint density at radius 3 is 2.67 bits per heavy atom. The van der Waals surface area contributed by atoms with Crippen LogP contribution in [0.5, 0.6) is 0 Å².